The van der Waals surface area contributed by atoms with E-state index in [-0.39, 0.29) is 5.54 Å². The molecule has 1 saturated carbocycles. The molecule has 1 heterocycles. The summed E-state index contributed by atoms with van der Waals surface area (Å²) in [6.45, 7) is 8.65. The number of hydrogen-bond donors (Lipinski definition) is 1. The van der Waals surface area contributed by atoms with Gasteiger partial charge in [-0.05, 0) is 32.1 Å². The Labute approximate surface area is 115 Å². The molecule has 108 valence electrons. The Morgan fingerprint density at radius 1 is 1.47 bits per heavy atom. The number of aryl methyl sites for hydroxylation is 2. The molecule has 0 aromatic carbocycles. The van der Waals surface area contributed by atoms with E-state index in [4.69, 9.17) is 0 Å². The minimum absolute atomic E-state index is 0.238. The van der Waals surface area contributed by atoms with Crippen molar-refractivity contribution in [1.82, 2.24) is 14.5 Å². The maximum absolute atomic E-state index is 12.5. The smallest absolute Gasteiger partial charge is 0.244 e. The van der Waals surface area contributed by atoms with E-state index in [9.17, 15) is 8.42 Å². The van der Waals surface area contributed by atoms with Gasteiger partial charge in [0.2, 0.25) is 10.0 Å². The molecular weight excluding hydrogens is 262 g/mol. The minimum Gasteiger partial charge on any atom is -0.271 e. The van der Waals surface area contributed by atoms with Gasteiger partial charge in [0.1, 0.15) is 4.90 Å². The third-order valence-corrected chi connectivity index (χ3v) is 5.53. The molecule has 0 amide bonds. The summed E-state index contributed by atoms with van der Waals surface area (Å²) >= 11 is 0. The zero-order valence-electron chi connectivity index (χ0n) is 12.1. The van der Waals surface area contributed by atoms with Crippen molar-refractivity contribution in [3.63, 3.8) is 0 Å². The van der Waals surface area contributed by atoms with Gasteiger partial charge in [-0.15, -0.1) is 0 Å². The van der Waals surface area contributed by atoms with Crippen LogP contribution in [0, 0.1) is 12.8 Å². The molecule has 6 heteroatoms. The Balaban J connectivity index is 2.25. The molecule has 0 bridgehead atoms. The van der Waals surface area contributed by atoms with E-state index in [0.29, 0.717) is 16.5 Å². The Kier molecular flexibility index (Phi) is 3.75. The third kappa shape index (κ3) is 2.84. The van der Waals surface area contributed by atoms with E-state index in [1.54, 1.807) is 17.8 Å². The highest BCUT2D eigenvalue weighted by atomic mass is 32.2. The molecular formula is C13H23N3O2S. The number of rotatable bonds is 6. The highest BCUT2D eigenvalue weighted by Crippen LogP contribution is 2.43. The summed E-state index contributed by atoms with van der Waals surface area (Å²) in [5, 5.41) is 4.26. The molecule has 0 saturated heterocycles. The van der Waals surface area contributed by atoms with Crippen molar-refractivity contribution in [2.24, 2.45) is 5.92 Å². The van der Waals surface area contributed by atoms with Crippen LogP contribution in [0.1, 0.15) is 45.7 Å². The molecule has 0 atom stereocenters. The first-order valence-corrected chi connectivity index (χ1v) is 8.37. The molecule has 0 unspecified atom stereocenters. The predicted molar refractivity (Wildman–Crippen MR) is 74.4 cm³/mol. The molecule has 0 radical (unpaired) electrons. The van der Waals surface area contributed by atoms with Gasteiger partial charge in [-0.25, -0.2) is 13.1 Å². The Bertz CT molecular complexity index is 556. The number of hydrogen-bond acceptors (Lipinski definition) is 3. The molecule has 1 aromatic rings. The number of nitrogens with one attached hydrogen (secondary N) is 1. The second-order valence-electron chi connectivity index (χ2n) is 5.76. The van der Waals surface area contributed by atoms with Crippen LogP contribution in [0.4, 0.5) is 0 Å². The van der Waals surface area contributed by atoms with E-state index in [1.165, 1.54) is 0 Å². The normalized spacial score (nSPS) is 17.9. The topological polar surface area (TPSA) is 64.0 Å². The van der Waals surface area contributed by atoms with E-state index < -0.39 is 10.0 Å². The largest absolute Gasteiger partial charge is 0.271 e. The molecule has 0 spiro atoms. The SMILES string of the molecule is CCCn1cc(S(=O)(=O)NC2(C(C)C)CC2)c(C)n1. The first-order valence-electron chi connectivity index (χ1n) is 6.89. The van der Waals surface area contributed by atoms with Gasteiger partial charge in [0.15, 0.2) is 0 Å². The van der Waals surface area contributed by atoms with E-state index in [1.807, 2.05) is 6.92 Å². The third-order valence-electron chi connectivity index (χ3n) is 3.88. The number of aromatic nitrogens is 2. The molecule has 2 rings (SSSR count). The van der Waals surface area contributed by atoms with Gasteiger partial charge in [0, 0.05) is 18.3 Å². The van der Waals surface area contributed by atoms with Crippen LogP contribution in [0.3, 0.4) is 0 Å². The van der Waals surface area contributed by atoms with Crippen LogP contribution in [0.25, 0.3) is 0 Å². The zero-order valence-corrected chi connectivity index (χ0v) is 12.9. The summed E-state index contributed by atoms with van der Waals surface area (Å²) in [4.78, 5) is 0.313. The van der Waals surface area contributed by atoms with Crippen molar-refractivity contribution in [1.29, 1.82) is 0 Å². The van der Waals surface area contributed by atoms with Crippen molar-refractivity contribution < 1.29 is 8.42 Å². The van der Waals surface area contributed by atoms with E-state index >= 15 is 0 Å². The lowest BCUT2D eigenvalue weighted by Gasteiger charge is -2.20. The van der Waals surface area contributed by atoms with Crippen molar-refractivity contribution in [2.75, 3.05) is 0 Å². The summed E-state index contributed by atoms with van der Waals surface area (Å²) in [5.74, 6) is 0.313. The van der Waals surface area contributed by atoms with Gasteiger partial charge in [-0.2, -0.15) is 5.10 Å². The summed E-state index contributed by atoms with van der Waals surface area (Å²) in [6.07, 6.45) is 4.42. The maximum Gasteiger partial charge on any atom is 0.244 e. The molecule has 5 nitrogen and oxygen atoms in total. The first-order chi connectivity index (χ1) is 8.81. The fourth-order valence-corrected chi connectivity index (χ4v) is 4.14. The summed E-state index contributed by atoms with van der Waals surface area (Å²) in [5.41, 5.74) is 0.332. The Hall–Kier alpha value is -0.880. The minimum atomic E-state index is -3.46. The van der Waals surface area contributed by atoms with Crippen LogP contribution in [0.5, 0.6) is 0 Å². The highest BCUT2D eigenvalue weighted by Gasteiger charge is 2.48. The Morgan fingerprint density at radius 2 is 2.11 bits per heavy atom. The average molecular weight is 285 g/mol. The zero-order chi connectivity index (χ0) is 14.3. The van der Waals surface area contributed by atoms with Crippen molar-refractivity contribution in [3.8, 4) is 0 Å². The highest BCUT2D eigenvalue weighted by molar-refractivity contribution is 7.89. The van der Waals surface area contributed by atoms with E-state index in [0.717, 1.165) is 25.8 Å². The predicted octanol–water partition coefficient (Wildman–Crippen LogP) is 2.07. The first kappa shape index (κ1) is 14.5. The van der Waals surface area contributed by atoms with Crippen molar-refractivity contribution in [2.45, 2.75) is 63.9 Å². The fraction of sp³-hybridized carbons (Fsp3) is 0.769. The molecule has 1 aliphatic carbocycles. The molecule has 0 aliphatic heterocycles. The van der Waals surface area contributed by atoms with Crippen LogP contribution in [-0.4, -0.2) is 23.7 Å². The molecule has 1 aliphatic rings. The number of nitrogens with zero attached hydrogens (tertiary/aromatic N) is 2. The van der Waals surface area contributed by atoms with Gasteiger partial charge in [0.25, 0.3) is 0 Å². The van der Waals surface area contributed by atoms with Crippen LogP contribution in [0.15, 0.2) is 11.1 Å². The summed E-state index contributed by atoms with van der Waals surface area (Å²) in [7, 11) is -3.46. The monoisotopic (exact) mass is 285 g/mol. The molecule has 19 heavy (non-hydrogen) atoms. The van der Waals surface area contributed by atoms with Gasteiger partial charge in [0.05, 0.1) is 5.69 Å². The molecule has 1 aromatic heterocycles. The van der Waals surface area contributed by atoms with Crippen LogP contribution < -0.4 is 4.72 Å². The Morgan fingerprint density at radius 3 is 2.58 bits per heavy atom. The summed E-state index contributed by atoms with van der Waals surface area (Å²) in [6, 6.07) is 0. The standard InChI is InChI=1S/C13H23N3O2S/c1-5-8-16-9-12(11(4)14-16)19(17,18)15-13(6-7-13)10(2)3/h9-10,15H,5-8H2,1-4H3. The van der Waals surface area contributed by atoms with Gasteiger partial charge >= 0.3 is 0 Å². The van der Waals surface area contributed by atoms with Crippen molar-refractivity contribution >= 4 is 10.0 Å². The van der Waals surface area contributed by atoms with Gasteiger partial charge in [-0.1, -0.05) is 20.8 Å². The lowest BCUT2D eigenvalue weighted by molar-refractivity contribution is 0.431. The molecule has 1 N–H and O–H groups in total. The molecule has 1 fully saturated rings. The second kappa shape index (κ2) is 4.90. The van der Waals surface area contributed by atoms with Gasteiger partial charge < -0.3 is 0 Å². The number of sulfonamides is 1. The van der Waals surface area contributed by atoms with Crippen LogP contribution in [-0.2, 0) is 16.6 Å². The van der Waals surface area contributed by atoms with Crippen molar-refractivity contribution in [3.05, 3.63) is 11.9 Å². The van der Waals surface area contributed by atoms with Crippen LogP contribution >= 0.6 is 0 Å². The van der Waals surface area contributed by atoms with E-state index in [2.05, 4.69) is 23.7 Å². The second-order valence-corrected chi connectivity index (χ2v) is 7.41. The van der Waals surface area contributed by atoms with Gasteiger partial charge in [-0.3, -0.25) is 4.68 Å². The average Bonchev–Trinajstić information content (AvgIpc) is 2.96. The summed E-state index contributed by atoms with van der Waals surface area (Å²) < 4.78 is 29.5. The lowest BCUT2D eigenvalue weighted by atomic mass is 10.0. The van der Waals surface area contributed by atoms with Crippen LogP contribution in [0.2, 0.25) is 0 Å². The maximum atomic E-state index is 12.5. The fourth-order valence-electron chi connectivity index (χ4n) is 2.36. The lowest BCUT2D eigenvalue weighted by Crippen LogP contribution is -2.40. The quantitative estimate of drug-likeness (QED) is 0.870.